The van der Waals surface area contributed by atoms with E-state index in [2.05, 4.69) is 6.07 Å². The van der Waals surface area contributed by atoms with Crippen molar-refractivity contribution in [3.05, 3.63) is 64.3 Å². The van der Waals surface area contributed by atoms with Crippen molar-refractivity contribution in [2.75, 3.05) is 5.73 Å². The molecule has 0 atom stereocenters. The predicted molar refractivity (Wildman–Crippen MR) is 87.0 cm³/mol. The van der Waals surface area contributed by atoms with Crippen molar-refractivity contribution in [1.29, 1.82) is 0 Å². The van der Waals surface area contributed by atoms with E-state index in [1.807, 2.05) is 36.9 Å². The van der Waals surface area contributed by atoms with Gasteiger partial charge in [0.1, 0.15) is 0 Å². The molecule has 0 radical (unpaired) electrons. The molecule has 4 heteroatoms. The summed E-state index contributed by atoms with van der Waals surface area (Å²) < 4.78 is 1.97. The molecule has 3 rings (SSSR count). The van der Waals surface area contributed by atoms with E-state index in [-0.39, 0.29) is 5.78 Å². The fourth-order valence-corrected chi connectivity index (χ4v) is 2.68. The number of aryl methyl sites for hydroxylation is 2. The van der Waals surface area contributed by atoms with Crippen LogP contribution in [0.5, 0.6) is 0 Å². The first kappa shape index (κ1) is 13.7. The number of benzene rings is 2. The average Bonchev–Trinajstić information content (AvgIpc) is 2.78. The maximum atomic E-state index is 12.7. The third-order valence-electron chi connectivity index (χ3n) is 3.65. The van der Waals surface area contributed by atoms with Crippen LogP contribution in [0.15, 0.2) is 42.6 Å². The van der Waals surface area contributed by atoms with Gasteiger partial charge in [0.05, 0.1) is 10.7 Å². The fraction of sp³-hybridized carbons (Fsp3) is 0.118. The molecule has 0 saturated carbocycles. The van der Waals surface area contributed by atoms with Crippen LogP contribution in [0.4, 0.5) is 5.69 Å². The van der Waals surface area contributed by atoms with E-state index in [4.69, 9.17) is 17.3 Å². The second-order valence-corrected chi connectivity index (χ2v) is 5.65. The van der Waals surface area contributed by atoms with Gasteiger partial charge in [0.25, 0.3) is 0 Å². The first-order chi connectivity index (χ1) is 9.97. The molecule has 3 aromatic rings. The number of ketones is 1. The third-order valence-corrected chi connectivity index (χ3v) is 3.98. The summed E-state index contributed by atoms with van der Waals surface area (Å²) in [4.78, 5) is 12.7. The molecule has 1 aromatic heterocycles. The van der Waals surface area contributed by atoms with E-state index in [9.17, 15) is 4.79 Å². The number of fused-ring (bicyclic) bond motifs is 1. The van der Waals surface area contributed by atoms with Crippen LogP contribution in [0.3, 0.4) is 0 Å². The van der Waals surface area contributed by atoms with Crippen molar-refractivity contribution in [3.8, 4) is 0 Å². The van der Waals surface area contributed by atoms with Gasteiger partial charge in [-0.2, -0.15) is 0 Å². The quantitative estimate of drug-likeness (QED) is 0.575. The van der Waals surface area contributed by atoms with Gasteiger partial charge in [-0.3, -0.25) is 4.79 Å². The Morgan fingerprint density at radius 3 is 2.67 bits per heavy atom. The summed E-state index contributed by atoms with van der Waals surface area (Å²) in [5.41, 5.74) is 9.59. The number of nitrogen functional groups attached to an aromatic ring is 1. The zero-order chi connectivity index (χ0) is 15.1. The molecule has 0 aliphatic rings. The van der Waals surface area contributed by atoms with Crippen molar-refractivity contribution < 1.29 is 4.79 Å². The lowest BCUT2D eigenvalue weighted by Gasteiger charge is -2.03. The summed E-state index contributed by atoms with van der Waals surface area (Å²) in [6.07, 6.45) is 1.86. The van der Waals surface area contributed by atoms with Crippen LogP contribution >= 0.6 is 11.6 Å². The average molecular weight is 299 g/mol. The molecule has 0 unspecified atom stereocenters. The number of halogens is 1. The topological polar surface area (TPSA) is 48.0 Å². The summed E-state index contributed by atoms with van der Waals surface area (Å²) in [5, 5.41) is 1.35. The standard InChI is InChI=1S/C17H15ClN2O/c1-10-3-5-12-13(9-20(2)16(12)7-10)17(21)11-4-6-15(19)14(18)8-11/h3-9H,19H2,1-2H3. The molecule has 0 aliphatic carbocycles. The Bertz CT molecular complexity index is 865. The normalized spacial score (nSPS) is 11.0. The molecule has 2 N–H and O–H groups in total. The molecular weight excluding hydrogens is 284 g/mol. The number of carbonyl (C=O) groups excluding carboxylic acids is 1. The van der Waals surface area contributed by atoms with E-state index in [0.717, 1.165) is 10.9 Å². The van der Waals surface area contributed by atoms with Gasteiger partial charge in [0, 0.05) is 35.3 Å². The van der Waals surface area contributed by atoms with Crippen LogP contribution in [0.1, 0.15) is 21.5 Å². The zero-order valence-corrected chi connectivity index (χ0v) is 12.6. The molecular formula is C17H15ClN2O. The lowest BCUT2D eigenvalue weighted by molar-refractivity contribution is 0.104. The Labute approximate surface area is 127 Å². The van der Waals surface area contributed by atoms with Crippen LogP contribution in [-0.2, 0) is 7.05 Å². The molecule has 0 bridgehead atoms. The molecule has 0 spiro atoms. The Balaban J connectivity index is 2.15. The molecule has 0 amide bonds. The van der Waals surface area contributed by atoms with Crippen LogP contribution in [0.25, 0.3) is 10.9 Å². The summed E-state index contributed by atoms with van der Waals surface area (Å²) in [7, 11) is 1.94. The highest BCUT2D eigenvalue weighted by atomic mass is 35.5. The highest BCUT2D eigenvalue weighted by Gasteiger charge is 2.16. The minimum absolute atomic E-state index is 0.0497. The van der Waals surface area contributed by atoms with Crippen LogP contribution in [0, 0.1) is 6.92 Å². The van der Waals surface area contributed by atoms with Gasteiger partial charge in [-0.15, -0.1) is 0 Å². The van der Waals surface area contributed by atoms with Crippen LogP contribution in [0.2, 0.25) is 5.02 Å². The molecule has 0 saturated heterocycles. The summed E-state index contributed by atoms with van der Waals surface area (Å²) in [5.74, 6) is -0.0497. The highest BCUT2D eigenvalue weighted by molar-refractivity contribution is 6.33. The maximum Gasteiger partial charge on any atom is 0.195 e. The minimum Gasteiger partial charge on any atom is -0.398 e. The van der Waals surface area contributed by atoms with Crippen molar-refractivity contribution >= 4 is 34.0 Å². The van der Waals surface area contributed by atoms with Crippen molar-refractivity contribution in [2.45, 2.75) is 6.92 Å². The number of carbonyl (C=O) groups is 1. The maximum absolute atomic E-state index is 12.7. The van der Waals surface area contributed by atoms with Crippen molar-refractivity contribution in [3.63, 3.8) is 0 Å². The van der Waals surface area contributed by atoms with Gasteiger partial charge >= 0.3 is 0 Å². The van der Waals surface area contributed by atoms with Gasteiger partial charge < -0.3 is 10.3 Å². The minimum atomic E-state index is -0.0497. The van der Waals surface area contributed by atoms with Gasteiger partial charge in [-0.25, -0.2) is 0 Å². The zero-order valence-electron chi connectivity index (χ0n) is 11.9. The number of nitrogens with two attached hydrogens (primary N) is 1. The molecule has 0 aliphatic heterocycles. The number of aromatic nitrogens is 1. The number of nitrogens with zero attached hydrogens (tertiary/aromatic N) is 1. The third kappa shape index (κ3) is 2.30. The molecule has 0 fully saturated rings. The van der Waals surface area contributed by atoms with Gasteiger partial charge in [-0.05, 0) is 36.8 Å². The number of hydrogen-bond acceptors (Lipinski definition) is 2. The fourth-order valence-electron chi connectivity index (χ4n) is 2.50. The Hall–Kier alpha value is -2.26. The van der Waals surface area contributed by atoms with Crippen LogP contribution < -0.4 is 5.73 Å². The largest absolute Gasteiger partial charge is 0.398 e. The van der Waals surface area contributed by atoms with E-state index in [0.29, 0.717) is 21.8 Å². The van der Waals surface area contributed by atoms with Gasteiger partial charge in [0.2, 0.25) is 0 Å². The number of rotatable bonds is 2. The Morgan fingerprint density at radius 1 is 1.19 bits per heavy atom. The van der Waals surface area contributed by atoms with Crippen molar-refractivity contribution in [1.82, 2.24) is 4.57 Å². The van der Waals surface area contributed by atoms with E-state index in [1.165, 1.54) is 5.56 Å². The summed E-state index contributed by atoms with van der Waals surface area (Å²) in [6, 6.07) is 11.0. The lowest BCUT2D eigenvalue weighted by Crippen LogP contribution is -2.01. The smallest absolute Gasteiger partial charge is 0.195 e. The molecule has 2 aromatic carbocycles. The summed E-state index contributed by atoms with van der Waals surface area (Å²) in [6.45, 7) is 2.04. The predicted octanol–water partition coefficient (Wildman–Crippen LogP) is 3.95. The van der Waals surface area contributed by atoms with Gasteiger partial charge in [0.15, 0.2) is 5.78 Å². The number of hydrogen-bond donors (Lipinski definition) is 1. The second-order valence-electron chi connectivity index (χ2n) is 5.24. The molecule has 21 heavy (non-hydrogen) atoms. The number of anilines is 1. The SMILES string of the molecule is Cc1ccc2c(C(=O)c3ccc(N)c(Cl)c3)cn(C)c2c1. The first-order valence-electron chi connectivity index (χ1n) is 6.63. The molecule has 1 heterocycles. The Morgan fingerprint density at radius 2 is 1.95 bits per heavy atom. The summed E-state index contributed by atoms with van der Waals surface area (Å²) >= 11 is 6.01. The van der Waals surface area contributed by atoms with E-state index < -0.39 is 0 Å². The van der Waals surface area contributed by atoms with E-state index >= 15 is 0 Å². The van der Waals surface area contributed by atoms with Crippen molar-refractivity contribution in [2.24, 2.45) is 7.05 Å². The highest BCUT2D eigenvalue weighted by Crippen LogP contribution is 2.26. The van der Waals surface area contributed by atoms with Gasteiger partial charge in [-0.1, -0.05) is 23.7 Å². The molecule has 106 valence electrons. The second kappa shape index (κ2) is 4.93. The van der Waals surface area contributed by atoms with E-state index in [1.54, 1.807) is 18.2 Å². The first-order valence-corrected chi connectivity index (χ1v) is 7.00. The van der Waals surface area contributed by atoms with Crippen LogP contribution in [-0.4, -0.2) is 10.4 Å². The Kier molecular flexibility index (Phi) is 3.22. The lowest BCUT2D eigenvalue weighted by atomic mass is 10.0. The monoisotopic (exact) mass is 298 g/mol. The molecule has 3 nitrogen and oxygen atoms in total.